The van der Waals surface area contributed by atoms with Crippen LogP contribution in [0.4, 0.5) is 5.69 Å². The lowest BCUT2D eigenvalue weighted by Crippen LogP contribution is -2.27. The molecule has 0 spiro atoms. The molecule has 46 heavy (non-hydrogen) atoms. The van der Waals surface area contributed by atoms with E-state index in [1.54, 1.807) is 78.9 Å². The Morgan fingerprint density at radius 3 is 1.83 bits per heavy atom. The van der Waals surface area contributed by atoms with Crippen molar-refractivity contribution in [3.05, 3.63) is 138 Å². The van der Waals surface area contributed by atoms with Gasteiger partial charge in [-0.05, 0) is 60.2 Å². The van der Waals surface area contributed by atoms with E-state index in [-0.39, 0.29) is 17.4 Å². The average Bonchev–Trinajstić information content (AvgIpc) is 3.04. The van der Waals surface area contributed by atoms with Gasteiger partial charge in [0.2, 0.25) is 5.91 Å². The summed E-state index contributed by atoms with van der Waals surface area (Å²) in [6, 6.07) is 29.3. The number of benzene rings is 4. The van der Waals surface area contributed by atoms with Gasteiger partial charge in [-0.2, -0.15) is 5.10 Å². The Labute approximate surface area is 267 Å². The van der Waals surface area contributed by atoms with Crippen LogP contribution in [0.25, 0.3) is 12.2 Å². The Morgan fingerprint density at radius 1 is 0.652 bits per heavy atom. The number of hydrogen-bond donors (Lipinski definition) is 2. The van der Waals surface area contributed by atoms with Crippen LogP contribution in [0.3, 0.4) is 0 Å². The van der Waals surface area contributed by atoms with Crippen molar-refractivity contribution >= 4 is 47.8 Å². The molecule has 0 aliphatic rings. The van der Waals surface area contributed by atoms with Crippen LogP contribution in [-0.4, -0.2) is 30.0 Å². The third-order valence-electron chi connectivity index (χ3n) is 6.33. The molecule has 0 fully saturated rings. The molecule has 0 saturated carbocycles. The van der Waals surface area contributed by atoms with E-state index in [2.05, 4.69) is 15.8 Å². The Kier molecular flexibility index (Phi) is 11.1. The molecule has 9 nitrogen and oxygen atoms in total. The van der Waals surface area contributed by atoms with Crippen LogP contribution in [-0.2, 0) is 14.4 Å². The minimum atomic E-state index is -0.673. The quantitative estimate of drug-likeness (QED) is 0.0675. The molecular formula is C37H33N3O6. The van der Waals surface area contributed by atoms with Crippen LogP contribution in [0, 0.1) is 5.41 Å². The molecule has 4 rings (SSSR count). The zero-order chi connectivity index (χ0) is 32.9. The second-order valence-electron chi connectivity index (χ2n) is 11.0. The molecule has 0 radical (unpaired) electrons. The van der Waals surface area contributed by atoms with Gasteiger partial charge in [0.15, 0.2) is 0 Å². The number of carbonyl (C=O) groups is 4. The molecule has 9 heteroatoms. The molecular weight excluding hydrogens is 582 g/mol. The first-order valence-corrected chi connectivity index (χ1v) is 14.4. The van der Waals surface area contributed by atoms with Gasteiger partial charge in [0.1, 0.15) is 11.5 Å². The number of esters is 2. The number of hydrazone groups is 1. The number of rotatable bonds is 10. The fourth-order valence-electron chi connectivity index (χ4n) is 3.81. The molecule has 4 aromatic rings. The second-order valence-corrected chi connectivity index (χ2v) is 11.0. The van der Waals surface area contributed by atoms with Gasteiger partial charge >= 0.3 is 11.9 Å². The summed E-state index contributed by atoms with van der Waals surface area (Å²) in [5.41, 5.74) is 4.62. The van der Waals surface area contributed by atoms with Gasteiger partial charge in [0.05, 0.1) is 6.21 Å². The van der Waals surface area contributed by atoms with Crippen LogP contribution >= 0.6 is 0 Å². The third kappa shape index (κ3) is 9.99. The van der Waals surface area contributed by atoms with E-state index in [0.717, 1.165) is 5.56 Å². The largest absolute Gasteiger partial charge is 0.423 e. The lowest BCUT2D eigenvalue weighted by Gasteiger charge is -2.17. The Hall–Kier alpha value is -6.09. The van der Waals surface area contributed by atoms with Gasteiger partial charge in [-0.15, -0.1) is 0 Å². The highest BCUT2D eigenvalue weighted by Crippen LogP contribution is 2.21. The van der Waals surface area contributed by atoms with Gasteiger partial charge in [-0.1, -0.05) is 81.4 Å². The van der Waals surface area contributed by atoms with Gasteiger partial charge in [-0.25, -0.2) is 15.0 Å². The fourth-order valence-corrected chi connectivity index (χ4v) is 3.81. The van der Waals surface area contributed by atoms with Crippen LogP contribution < -0.4 is 20.2 Å². The summed E-state index contributed by atoms with van der Waals surface area (Å²) >= 11 is 0. The van der Waals surface area contributed by atoms with E-state index in [0.29, 0.717) is 22.4 Å². The molecule has 0 aromatic heterocycles. The topological polar surface area (TPSA) is 123 Å². The summed E-state index contributed by atoms with van der Waals surface area (Å²) in [6.07, 6.45) is 7.05. The minimum Gasteiger partial charge on any atom is -0.423 e. The number of nitrogens with zero attached hydrogens (tertiary/aromatic N) is 1. The predicted molar refractivity (Wildman–Crippen MR) is 178 cm³/mol. The number of nitrogens with one attached hydrogen (secondary N) is 2. The van der Waals surface area contributed by atoms with E-state index in [4.69, 9.17) is 9.47 Å². The molecule has 2 N–H and O–H groups in total. The van der Waals surface area contributed by atoms with E-state index < -0.39 is 23.3 Å². The monoisotopic (exact) mass is 615 g/mol. The summed E-state index contributed by atoms with van der Waals surface area (Å²) in [7, 11) is 0. The lowest BCUT2D eigenvalue weighted by molar-refractivity contribution is -0.129. The van der Waals surface area contributed by atoms with Gasteiger partial charge in [-0.3, -0.25) is 9.59 Å². The zero-order valence-corrected chi connectivity index (χ0v) is 25.6. The summed E-state index contributed by atoms with van der Waals surface area (Å²) < 4.78 is 11.0. The molecule has 0 aliphatic carbocycles. The molecule has 0 bridgehead atoms. The number of ether oxygens (including phenoxy) is 2. The van der Waals surface area contributed by atoms with Crippen molar-refractivity contribution < 1.29 is 28.7 Å². The molecule has 0 heterocycles. The zero-order valence-electron chi connectivity index (χ0n) is 25.6. The first kappa shape index (κ1) is 32.8. The lowest BCUT2D eigenvalue weighted by atomic mass is 9.95. The van der Waals surface area contributed by atoms with Crippen molar-refractivity contribution in [2.24, 2.45) is 10.5 Å². The van der Waals surface area contributed by atoms with Crippen molar-refractivity contribution in [3.8, 4) is 11.5 Å². The van der Waals surface area contributed by atoms with Gasteiger partial charge < -0.3 is 14.8 Å². The second kappa shape index (κ2) is 15.6. The van der Waals surface area contributed by atoms with Crippen LogP contribution in [0.15, 0.2) is 120 Å². The smallest absolute Gasteiger partial charge is 0.336 e. The van der Waals surface area contributed by atoms with Gasteiger partial charge in [0.25, 0.3) is 5.91 Å². The summed E-state index contributed by atoms with van der Waals surface area (Å²) in [4.78, 5) is 49.8. The summed E-state index contributed by atoms with van der Waals surface area (Å²) in [6.45, 7) is 5.43. The van der Waals surface area contributed by atoms with Crippen molar-refractivity contribution in [3.63, 3.8) is 0 Å². The Morgan fingerprint density at radius 2 is 1.20 bits per heavy atom. The molecule has 0 atom stereocenters. The number of carbonyl (C=O) groups excluding carboxylic acids is 4. The van der Waals surface area contributed by atoms with Crippen LogP contribution in [0.2, 0.25) is 0 Å². The van der Waals surface area contributed by atoms with Crippen molar-refractivity contribution in [2.75, 3.05) is 5.32 Å². The maximum absolute atomic E-state index is 12.7. The summed E-state index contributed by atoms with van der Waals surface area (Å²) in [5, 5.41) is 6.80. The molecule has 0 aliphatic heterocycles. The molecule has 0 saturated heterocycles. The highest BCUT2D eigenvalue weighted by molar-refractivity contribution is 5.98. The van der Waals surface area contributed by atoms with Gasteiger partial charge in [0, 0.05) is 39.9 Å². The molecule has 232 valence electrons. The van der Waals surface area contributed by atoms with E-state index >= 15 is 0 Å². The standard InChI is InChI=1S/C37H33N3O6/c1-37(2,3)36(44)39-30-21-18-28(19-22-30)35(43)40-38-25-29-14-8-10-16-32(29)46-34(42)24-20-27-13-7-9-15-31(27)45-33(41)23-17-26-11-5-4-6-12-26/h4-25H,1-3H3,(H,39,44)(H,40,43)/b23-17+,24-20+,38-25+. The van der Waals surface area contributed by atoms with Crippen LogP contribution in [0.1, 0.15) is 47.8 Å². The molecule has 2 amide bonds. The number of amides is 2. The highest BCUT2D eigenvalue weighted by Gasteiger charge is 2.21. The van der Waals surface area contributed by atoms with Crippen LogP contribution in [0.5, 0.6) is 11.5 Å². The molecule has 4 aromatic carbocycles. The first-order chi connectivity index (χ1) is 22.1. The van der Waals surface area contributed by atoms with Crippen molar-refractivity contribution in [2.45, 2.75) is 20.8 Å². The fraction of sp³-hybridized carbons (Fsp3) is 0.108. The highest BCUT2D eigenvalue weighted by atomic mass is 16.5. The maximum Gasteiger partial charge on any atom is 0.336 e. The maximum atomic E-state index is 12.7. The van der Waals surface area contributed by atoms with E-state index in [1.807, 2.05) is 51.1 Å². The normalized spacial score (nSPS) is 11.5. The van der Waals surface area contributed by atoms with E-state index in [1.165, 1.54) is 24.4 Å². The Balaban J connectivity index is 1.34. The SMILES string of the molecule is CC(C)(C)C(=O)Nc1ccc(C(=O)N/N=C/c2ccccc2OC(=O)/C=C/c2ccccc2OC(=O)/C=C/c2ccccc2)cc1. The third-order valence-corrected chi connectivity index (χ3v) is 6.33. The first-order valence-electron chi connectivity index (χ1n) is 14.4. The average molecular weight is 616 g/mol. The number of anilines is 1. The van der Waals surface area contributed by atoms with Crippen molar-refractivity contribution in [1.29, 1.82) is 0 Å². The number of hydrogen-bond acceptors (Lipinski definition) is 7. The van der Waals surface area contributed by atoms with Crippen molar-refractivity contribution in [1.82, 2.24) is 5.43 Å². The van der Waals surface area contributed by atoms with E-state index in [9.17, 15) is 19.2 Å². The molecule has 0 unspecified atom stereocenters. The Bertz CT molecular complexity index is 1790. The predicted octanol–water partition coefficient (Wildman–Crippen LogP) is 6.67. The number of para-hydroxylation sites is 2. The minimum absolute atomic E-state index is 0.137. The summed E-state index contributed by atoms with van der Waals surface area (Å²) in [5.74, 6) is -1.33.